The van der Waals surface area contributed by atoms with Crippen LogP contribution < -0.4 is 24.4 Å². The van der Waals surface area contributed by atoms with E-state index < -0.39 is 18.0 Å². The molecule has 1 N–H and O–H groups in total. The number of benzene rings is 4. The summed E-state index contributed by atoms with van der Waals surface area (Å²) >= 11 is 0. The molecule has 0 radical (unpaired) electrons. The van der Waals surface area contributed by atoms with Gasteiger partial charge in [-0.2, -0.15) is 5.10 Å². The Bertz CT molecular complexity index is 1470. The Labute approximate surface area is 227 Å². The van der Waals surface area contributed by atoms with Gasteiger partial charge in [0.05, 0.1) is 25.5 Å². The van der Waals surface area contributed by atoms with Gasteiger partial charge in [-0.25, -0.2) is 10.2 Å². The lowest BCUT2D eigenvalue weighted by molar-refractivity contribution is -0.127. The van der Waals surface area contributed by atoms with Crippen LogP contribution in [0.2, 0.25) is 0 Å². The molecule has 0 spiro atoms. The highest BCUT2D eigenvalue weighted by Crippen LogP contribution is 2.28. The molecule has 1 atom stereocenters. The summed E-state index contributed by atoms with van der Waals surface area (Å²) in [5, 5.41) is 6.14. The molecule has 0 aliphatic carbocycles. The lowest BCUT2D eigenvalue weighted by Crippen LogP contribution is -2.33. The predicted octanol–water partition coefficient (Wildman–Crippen LogP) is 5.77. The molecular formula is C31H30N2O6. The number of hydrazone groups is 1. The first-order valence-corrected chi connectivity index (χ1v) is 12.6. The number of methoxy groups -OCH3 is 1. The zero-order valence-electron chi connectivity index (χ0n) is 22.0. The molecule has 0 aromatic heterocycles. The van der Waals surface area contributed by atoms with E-state index in [1.165, 1.54) is 13.3 Å². The normalized spacial score (nSPS) is 11.7. The van der Waals surface area contributed by atoms with Gasteiger partial charge in [-0.15, -0.1) is 0 Å². The molecule has 1 amide bonds. The van der Waals surface area contributed by atoms with Crippen LogP contribution in [0.25, 0.3) is 10.8 Å². The van der Waals surface area contributed by atoms with Crippen LogP contribution in [0.4, 0.5) is 0 Å². The fraction of sp³-hybridized carbons (Fsp3) is 0.194. The summed E-state index contributed by atoms with van der Waals surface area (Å²) in [5.41, 5.74) is 3.50. The van der Waals surface area contributed by atoms with Crippen LogP contribution in [0.15, 0.2) is 90.0 Å². The molecule has 0 fully saturated rings. The SMILES string of the molecule is CCCOc1ccc(C(=O)Oc2ccc(C=NNC(=O)C(C)Oc3ccc4ccccc4c3)cc2OC)cc1. The smallest absolute Gasteiger partial charge is 0.343 e. The average Bonchev–Trinajstić information content (AvgIpc) is 2.96. The number of amides is 1. The largest absolute Gasteiger partial charge is 0.494 e. The van der Waals surface area contributed by atoms with Gasteiger partial charge in [-0.1, -0.05) is 37.3 Å². The number of hydrogen-bond acceptors (Lipinski definition) is 7. The van der Waals surface area contributed by atoms with Crippen molar-refractivity contribution in [2.24, 2.45) is 5.10 Å². The Hall–Kier alpha value is -4.85. The third-order valence-corrected chi connectivity index (χ3v) is 5.74. The van der Waals surface area contributed by atoms with E-state index in [1.807, 2.05) is 49.4 Å². The van der Waals surface area contributed by atoms with Crippen LogP contribution in [0, 0.1) is 0 Å². The maximum absolute atomic E-state index is 12.6. The van der Waals surface area contributed by atoms with Gasteiger partial charge in [-0.3, -0.25) is 4.79 Å². The predicted molar refractivity (Wildman–Crippen MR) is 150 cm³/mol. The summed E-state index contributed by atoms with van der Waals surface area (Å²) in [7, 11) is 1.47. The van der Waals surface area contributed by atoms with Crippen LogP contribution in [0.1, 0.15) is 36.2 Å². The van der Waals surface area contributed by atoms with E-state index in [4.69, 9.17) is 18.9 Å². The Kier molecular flexibility index (Phi) is 9.13. The minimum absolute atomic E-state index is 0.257. The molecule has 0 aliphatic heterocycles. The number of ether oxygens (including phenoxy) is 4. The number of hydrogen-bond donors (Lipinski definition) is 1. The summed E-state index contributed by atoms with van der Waals surface area (Å²) in [6.07, 6.45) is 1.60. The fourth-order valence-electron chi connectivity index (χ4n) is 3.67. The highest BCUT2D eigenvalue weighted by atomic mass is 16.6. The first kappa shape index (κ1) is 27.2. The van der Waals surface area contributed by atoms with Gasteiger partial charge < -0.3 is 18.9 Å². The van der Waals surface area contributed by atoms with Crippen molar-refractivity contribution in [3.8, 4) is 23.0 Å². The van der Waals surface area contributed by atoms with Gasteiger partial charge in [-0.05, 0) is 84.3 Å². The maximum atomic E-state index is 12.6. The van der Waals surface area contributed by atoms with Crippen molar-refractivity contribution in [2.75, 3.05) is 13.7 Å². The van der Waals surface area contributed by atoms with Gasteiger partial charge in [0.25, 0.3) is 5.91 Å². The van der Waals surface area contributed by atoms with Gasteiger partial charge in [0.15, 0.2) is 17.6 Å². The molecule has 0 aliphatic rings. The van der Waals surface area contributed by atoms with Crippen LogP contribution in [0.3, 0.4) is 0 Å². The first-order valence-electron chi connectivity index (χ1n) is 12.6. The topological polar surface area (TPSA) is 95.5 Å². The molecule has 1 unspecified atom stereocenters. The lowest BCUT2D eigenvalue weighted by Gasteiger charge is -2.13. The fourth-order valence-corrected chi connectivity index (χ4v) is 3.67. The van der Waals surface area contributed by atoms with Crippen LogP contribution in [0.5, 0.6) is 23.0 Å². The Balaban J connectivity index is 1.33. The summed E-state index contributed by atoms with van der Waals surface area (Å²) in [6.45, 7) is 4.28. The third-order valence-electron chi connectivity index (χ3n) is 5.74. The van der Waals surface area contributed by atoms with Crippen LogP contribution in [-0.4, -0.2) is 37.9 Å². The molecule has 0 saturated heterocycles. The van der Waals surface area contributed by atoms with Gasteiger partial charge in [0.2, 0.25) is 0 Å². The number of nitrogens with one attached hydrogen (secondary N) is 1. The van der Waals surface area contributed by atoms with Gasteiger partial charge >= 0.3 is 5.97 Å². The maximum Gasteiger partial charge on any atom is 0.343 e. The molecule has 8 nitrogen and oxygen atoms in total. The second-order valence-corrected chi connectivity index (χ2v) is 8.68. The monoisotopic (exact) mass is 526 g/mol. The summed E-state index contributed by atoms with van der Waals surface area (Å²) in [5.74, 6) is 0.960. The van der Waals surface area contributed by atoms with E-state index in [0.29, 0.717) is 35.0 Å². The average molecular weight is 527 g/mol. The molecule has 0 bridgehead atoms. The Morgan fingerprint density at radius 1 is 0.897 bits per heavy atom. The van der Waals surface area contributed by atoms with Crippen molar-refractivity contribution < 1.29 is 28.5 Å². The lowest BCUT2D eigenvalue weighted by atomic mass is 10.1. The van der Waals surface area contributed by atoms with Gasteiger partial charge in [0, 0.05) is 0 Å². The summed E-state index contributed by atoms with van der Waals surface area (Å²) in [6, 6.07) is 25.3. The van der Waals surface area contributed by atoms with E-state index in [0.717, 1.165) is 17.2 Å². The minimum Gasteiger partial charge on any atom is -0.494 e. The van der Waals surface area contributed by atoms with E-state index in [1.54, 1.807) is 49.4 Å². The van der Waals surface area contributed by atoms with E-state index in [2.05, 4.69) is 10.5 Å². The highest BCUT2D eigenvalue weighted by molar-refractivity contribution is 5.92. The Morgan fingerprint density at radius 3 is 2.38 bits per heavy atom. The van der Waals surface area contributed by atoms with E-state index in [9.17, 15) is 9.59 Å². The molecular weight excluding hydrogens is 496 g/mol. The van der Waals surface area contributed by atoms with Crippen LogP contribution >= 0.6 is 0 Å². The molecule has 8 heteroatoms. The van der Waals surface area contributed by atoms with E-state index >= 15 is 0 Å². The number of carbonyl (C=O) groups is 2. The zero-order valence-corrected chi connectivity index (χ0v) is 22.0. The highest BCUT2D eigenvalue weighted by Gasteiger charge is 2.15. The third kappa shape index (κ3) is 7.35. The van der Waals surface area contributed by atoms with Crippen molar-refractivity contribution >= 4 is 28.9 Å². The quantitative estimate of drug-likeness (QED) is 0.115. The van der Waals surface area contributed by atoms with Crippen molar-refractivity contribution in [3.63, 3.8) is 0 Å². The molecule has 4 aromatic carbocycles. The van der Waals surface area contributed by atoms with Crippen molar-refractivity contribution in [3.05, 3.63) is 96.1 Å². The van der Waals surface area contributed by atoms with E-state index in [-0.39, 0.29) is 5.75 Å². The summed E-state index contributed by atoms with van der Waals surface area (Å²) in [4.78, 5) is 25.1. The van der Waals surface area contributed by atoms with Crippen LogP contribution in [-0.2, 0) is 4.79 Å². The minimum atomic E-state index is -0.757. The van der Waals surface area contributed by atoms with Crippen molar-refractivity contribution in [1.29, 1.82) is 0 Å². The number of rotatable bonds is 11. The number of fused-ring (bicyclic) bond motifs is 1. The molecule has 39 heavy (non-hydrogen) atoms. The first-order chi connectivity index (χ1) is 19.0. The van der Waals surface area contributed by atoms with Crippen molar-refractivity contribution in [1.82, 2.24) is 5.43 Å². The van der Waals surface area contributed by atoms with Crippen molar-refractivity contribution in [2.45, 2.75) is 26.4 Å². The summed E-state index contributed by atoms with van der Waals surface area (Å²) < 4.78 is 22.2. The molecule has 0 heterocycles. The van der Waals surface area contributed by atoms with Gasteiger partial charge in [0.1, 0.15) is 11.5 Å². The molecule has 0 saturated carbocycles. The Morgan fingerprint density at radius 2 is 1.64 bits per heavy atom. The number of carbonyl (C=O) groups excluding carboxylic acids is 2. The molecule has 4 rings (SSSR count). The zero-order chi connectivity index (χ0) is 27.6. The standard InChI is InChI=1S/C31H30N2O6/c1-4-17-37-26-13-11-24(12-14-26)31(35)39-28-16-9-22(18-29(28)36-3)20-32-33-30(34)21(2)38-27-15-10-23-7-5-6-8-25(23)19-27/h5-16,18-21H,4,17H2,1-3H3,(H,33,34). The number of esters is 1. The second kappa shape index (κ2) is 13.1. The second-order valence-electron chi connectivity index (χ2n) is 8.68. The molecule has 200 valence electrons. The number of nitrogens with zero attached hydrogens (tertiary/aromatic N) is 1. The molecule has 4 aromatic rings.